The molecule has 0 radical (unpaired) electrons. The minimum absolute atomic E-state index is 0.362. The standard InChI is InChI=1S/C20H22BrN3O/c1-14(2)16-6-5-7-17(12-16)20(3,4)23-19(25)24-22-13-15-8-10-18(21)11-9-15/h5-13H,1H2,2-4H3,(H2,23,24,25). The summed E-state index contributed by atoms with van der Waals surface area (Å²) in [6, 6.07) is 15.3. The SMILES string of the molecule is C=C(C)c1cccc(C(C)(C)NC(=O)NN=Cc2ccc(Br)cc2)c1. The molecular weight excluding hydrogens is 378 g/mol. The van der Waals surface area contributed by atoms with E-state index in [0.717, 1.165) is 26.7 Å². The van der Waals surface area contributed by atoms with Crippen molar-refractivity contribution in [2.24, 2.45) is 5.10 Å². The molecule has 2 rings (SSSR count). The molecule has 0 spiro atoms. The van der Waals surface area contributed by atoms with E-state index in [1.54, 1.807) is 6.21 Å². The monoisotopic (exact) mass is 399 g/mol. The van der Waals surface area contributed by atoms with E-state index < -0.39 is 5.54 Å². The first-order chi connectivity index (χ1) is 11.8. The summed E-state index contributed by atoms with van der Waals surface area (Å²) in [6.45, 7) is 9.82. The second kappa shape index (κ2) is 8.12. The number of amides is 2. The van der Waals surface area contributed by atoms with Crippen LogP contribution in [0.5, 0.6) is 0 Å². The molecule has 25 heavy (non-hydrogen) atoms. The van der Waals surface area contributed by atoms with Gasteiger partial charge in [0.2, 0.25) is 0 Å². The summed E-state index contributed by atoms with van der Waals surface area (Å²) in [5, 5.41) is 6.91. The van der Waals surface area contributed by atoms with Crippen molar-refractivity contribution in [3.63, 3.8) is 0 Å². The summed E-state index contributed by atoms with van der Waals surface area (Å²) in [7, 11) is 0. The number of hydrogen-bond acceptors (Lipinski definition) is 2. The lowest BCUT2D eigenvalue weighted by molar-refractivity contribution is 0.230. The zero-order valence-electron chi connectivity index (χ0n) is 14.6. The smallest absolute Gasteiger partial charge is 0.328 e. The number of nitrogens with zero attached hydrogens (tertiary/aromatic N) is 1. The second-order valence-electron chi connectivity index (χ2n) is 6.36. The van der Waals surface area contributed by atoms with Crippen LogP contribution in [0.1, 0.15) is 37.5 Å². The number of nitrogens with one attached hydrogen (secondary N) is 2. The van der Waals surface area contributed by atoms with Gasteiger partial charge in [0.15, 0.2) is 0 Å². The Balaban J connectivity index is 1.99. The van der Waals surface area contributed by atoms with Gasteiger partial charge in [-0.2, -0.15) is 5.10 Å². The molecule has 2 aromatic rings. The van der Waals surface area contributed by atoms with Crippen LogP contribution in [0, 0.1) is 0 Å². The van der Waals surface area contributed by atoms with Gasteiger partial charge in [-0.3, -0.25) is 0 Å². The van der Waals surface area contributed by atoms with E-state index in [1.165, 1.54) is 0 Å². The molecule has 0 fully saturated rings. The number of halogens is 1. The summed E-state index contributed by atoms with van der Waals surface area (Å²) < 4.78 is 0.995. The number of carbonyl (C=O) groups is 1. The molecule has 0 aromatic heterocycles. The third kappa shape index (κ3) is 5.57. The topological polar surface area (TPSA) is 53.5 Å². The van der Waals surface area contributed by atoms with E-state index in [2.05, 4.69) is 38.4 Å². The quantitative estimate of drug-likeness (QED) is 0.536. The van der Waals surface area contributed by atoms with Crippen LogP contribution in [0.15, 0.2) is 64.7 Å². The van der Waals surface area contributed by atoms with Gasteiger partial charge in [-0.15, -0.1) is 0 Å². The van der Waals surface area contributed by atoms with Crippen molar-refractivity contribution < 1.29 is 4.79 Å². The van der Waals surface area contributed by atoms with Crippen LogP contribution in [0.25, 0.3) is 5.57 Å². The highest BCUT2D eigenvalue weighted by atomic mass is 79.9. The number of benzene rings is 2. The predicted octanol–water partition coefficient (Wildman–Crippen LogP) is 5.05. The van der Waals surface area contributed by atoms with E-state index in [-0.39, 0.29) is 6.03 Å². The third-order valence-electron chi connectivity index (χ3n) is 3.75. The Morgan fingerprint density at radius 3 is 2.52 bits per heavy atom. The molecule has 130 valence electrons. The van der Waals surface area contributed by atoms with Gasteiger partial charge in [-0.1, -0.05) is 58.4 Å². The molecule has 2 aromatic carbocycles. The maximum atomic E-state index is 12.1. The van der Waals surface area contributed by atoms with Crippen LogP contribution < -0.4 is 10.7 Å². The van der Waals surface area contributed by atoms with Crippen LogP contribution in [-0.2, 0) is 5.54 Å². The summed E-state index contributed by atoms with van der Waals surface area (Å²) in [6.07, 6.45) is 1.60. The van der Waals surface area contributed by atoms with Crippen LogP contribution in [0.4, 0.5) is 4.79 Å². The molecule has 0 aliphatic heterocycles. The molecule has 0 saturated carbocycles. The molecule has 0 heterocycles. The van der Waals surface area contributed by atoms with Crippen molar-refractivity contribution in [3.8, 4) is 0 Å². The largest absolute Gasteiger partial charge is 0.335 e. The molecule has 0 atom stereocenters. The van der Waals surface area contributed by atoms with E-state index in [0.29, 0.717) is 0 Å². The lowest BCUT2D eigenvalue weighted by atomic mass is 9.92. The Morgan fingerprint density at radius 2 is 1.88 bits per heavy atom. The van der Waals surface area contributed by atoms with Crippen molar-refractivity contribution >= 4 is 33.7 Å². The van der Waals surface area contributed by atoms with E-state index in [1.807, 2.05) is 69.3 Å². The first-order valence-corrected chi connectivity index (χ1v) is 8.70. The summed E-state index contributed by atoms with van der Waals surface area (Å²) >= 11 is 3.38. The summed E-state index contributed by atoms with van der Waals surface area (Å²) in [5.74, 6) is 0. The van der Waals surface area contributed by atoms with Gasteiger partial charge in [0, 0.05) is 4.47 Å². The van der Waals surface area contributed by atoms with E-state index in [9.17, 15) is 4.79 Å². The molecule has 0 aliphatic carbocycles. The van der Waals surface area contributed by atoms with Crippen LogP contribution in [0.2, 0.25) is 0 Å². The van der Waals surface area contributed by atoms with Crippen LogP contribution in [-0.4, -0.2) is 12.2 Å². The Bertz CT molecular complexity index is 795. The fourth-order valence-electron chi connectivity index (χ4n) is 2.27. The lowest BCUT2D eigenvalue weighted by Crippen LogP contribution is -2.45. The maximum Gasteiger partial charge on any atom is 0.335 e. The molecule has 0 unspecified atom stereocenters. The second-order valence-corrected chi connectivity index (χ2v) is 7.28. The lowest BCUT2D eigenvalue weighted by Gasteiger charge is -2.27. The van der Waals surface area contributed by atoms with Gasteiger partial charge in [-0.05, 0) is 55.7 Å². The van der Waals surface area contributed by atoms with Crippen LogP contribution in [0.3, 0.4) is 0 Å². The molecule has 2 N–H and O–H groups in total. The van der Waals surface area contributed by atoms with E-state index >= 15 is 0 Å². The zero-order valence-corrected chi connectivity index (χ0v) is 16.2. The Kier molecular flexibility index (Phi) is 6.15. The Labute approximate surface area is 157 Å². The van der Waals surface area contributed by atoms with Gasteiger partial charge >= 0.3 is 6.03 Å². The van der Waals surface area contributed by atoms with Crippen LogP contribution >= 0.6 is 15.9 Å². The molecule has 0 bridgehead atoms. The molecule has 4 nitrogen and oxygen atoms in total. The Morgan fingerprint density at radius 1 is 1.20 bits per heavy atom. The number of hydrazone groups is 1. The number of carbonyl (C=O) groups excluding carboxylic acids is 1. The average Bonchev–Trinajstić information content (AvgIpc) is 2.56. The van der Waals surface area contributed by atoms with Gasteiger partial charge in [0.25, 0.3) is 0 Å². The third-order valence-corrected chi connectivity index (χ3v) is 4.28. The summed E-state index contributed by atoms with van der Waals surface area (Å²) in [4.78, 5) is 12.1. The normalized spacial score (nSPS) is 11.4. The highest BCUT2D eigenvalue weighted by Crippen LogP contribution is 2.23. The Hall–Kier alpha value is -2.40. The minimum Gasteiger partial charge on any atom is -0.328 e. The van der Waals surface area contributed by atoms with Gasteiger partial charge in [0.1, 0.15) is 0 Å². The fraction of sp³-hybridized carbons (Fsp3) is 0.200. The molecule has 5 heteroatoms. The zero-order chi connectivity index (χ0) is 18.4. The van der Waals surface area contributed by atoms with Gasteiger partial charge in [-0.25, -0.2) is 10.2 Å². The minimum atomic E-state index is -0.539. The summed E-state index contributed by atoms with van der Waals surface area (Å²) in [5.41, 5.74) is 5.90. The predicted molar refractivity (Wildman–Crippen MR) is 108 cm³/mol. The van der Waals surface area contributed by atoms with Crippen molar-refractivity contribution in [3.05, 3.63) is 76.3 Å². The highest BCUT2D eigenvalue weighted by Gasteiger charge is 2.23. The maximum absolute atomic E-state index is 12.1. The number of urea groups is 1. The molecular formula is C20H22BrN3O. The van der Waals surface area contributed by atoms with Crippen molar-refractivity contribution in [1.29, 1.82) is 0 Å². The molecule has 2 amide bonds. The van der Waals surface area contributed by atoms with Gasteiger partial charge < -0.3 is 5.32 Å². The van der Waals surface area contributed by atoms with E-state index in [4.69, 9.17) is 0 Å². The first kappa shape index (κ1) is 18.9. The number of allylic oxidation sites excluding steroid dienone is 1. The van der Waals surface area contributed by atoms with Gasteiger partial charge in [0.05, 0.1) is 11.8 Å². The van der Waals surface area contributed by atoms with Crippen molar-refractivity contribution in [1.82, 2.24) is 10.7 Å². The number of rotatable bonds is 5. The van der Waals surface area contributed by atoms with Crippen molar-refractivity contribution in [2.75, 3.05) is 0 Å². The highest BCUT2D eigenvalue weighted by molar-refractivity contribution is 9.10. The fourth-order valence-corrected chi connectivity index (χ4v) is 2.54. The molecule has 0 saturated heterocycles. The average molecular weight is 400 g/mol. The first-order valence-electron chi connectivity index (χ1n) is 7.91. The number of hydrogen-bond donors (Lipinski definition) is 2. The van der Waals surface area contributed by atoms with Crippen molar-refractivity contribution in [2.45, 2.75) is 26.3 Å². The molecule has 0 aliphatic rings.